The van der Waals surface area contributed by atoms with Crippen molar-refractivity contribution in [1.82, 2.24) is 4.98 Å². The van der Waals surface area contributed by atoms with Gasteiger partial charge in [0.1, 0.15) is 5.82 Å². The number of carboxylic acids is 1. The van der Waals surface area contributed by atoms with Gasteiger partial charge in [-0.2, -0.15) is 0 Å². The zero-order chi connectivity index (χ0) is 14.7. The van der Waals surface area contributed by atoms with Gasteiger partial charge in [-0.1, -0.05) is 13.3 Å². The molecule has 0 aliphatic carbocycles. The molecule has 1 fully saturated rings. The predicted molar refractivity (Wildman–Crippen MR) is 77.4 cm³/mol. The molecule has 1 aliphatic heterocycles. The van der Waals surface area contributed by atoms with Crippen LogP contribution in [-0.4, -0.2) is 41.4 Å². The Hall–Kier alpha value is -1.62. The first-order valence-electron chi connectivity index (χ1n) is 7.13. The standard InChI is InChI=1S/C15H22N2O3/c1-4-5-13-6-12(15(18)19)7-14(16-13)17-8-11(3)20-9-10(17)2/h6-7,10-11H,4-5,8-9H2,1-3H3,(H,18,19). The zero-order valence-corrected chi connectivity index (χ0v) is 12.3. The molecular formula is C15H22N2O3. The molecule has 1 aromatic heterocycles. The Morgan fingerprint density at radius 2 is 2.25 bits per heavy atom. The van der Waals surface area contributed by atoms with Gasteiger partial charge < -0.3 is 14.7 Å². The monoisotopic (exact) mass is 278 g/mol. The SMILES string of the molecule is CCCc1cc(C(=O)O)cc(N2CC(C)OCC2C)n1. The molecule has 2 heterocycles. The van der Waals surface area contributed by atoms with Gasteiger partial charge in [0.15, 0.2) is 0 Å². The molecular weight excluding hydrogens is 256 g/mol. The third kappa shape index (κ3) is 3.28. The minimum absolute atomic E-state index is 0.135. The summed E-state index contributed by atoms with van der Waals surface area (Å²) in [5.74, 6) is -0.157. The zero-order valence-electron chi connectivity index (χ0n) is 12.3. The Labute approximate surface area is 119 Å². The van der Waals surface area contributed by atoms with E-state index >= 15 is 0 Å². The van der Waals surface area contributed by atoms with E-state index in [9.17, 15) is 9.90 Å². The van der Waals surface area contributed by atoms with Crippen molar-refractivity contribution in [2.24, 2.45) is 0 Å². The van der Waals surface area contributed by atoms with Crippen LogP contribution >= 0.6 is 0 Å². The molecule has 0 amide bonds. The average molecular weight is 278 g/mol. The molecule has 1 aromatic rings. The van der Waals surface area contributed by atoms with E-state index < -0.39 is 5.97 Å². The van der Waals surface area contributed by atoms with Crippen molar-refractivity contribution < 1.29 is 14.6 Å². The summed E-state index contributed by atoms with van der Waals surface area (Å²) in [4.78, 5) is 18.0. The van der Waals surface area contributed by atoms with E-state index in [-0.39, 0.29) is 12.1 Å². The van der Waals surface area contributed by atoms with Gasteiger partial charge in [-0.25, -0.2) is 9.78 Å². The van der Waals surface area contributed by atoms with Gasteiger partial charge in [0.05, 0.1) is 24.3 Å². The lowest BCUT2D eigenvalue weighted by molar-refractivity contribution is 0.0340. The number of anilines is 1. The number of ether oxygens (including phenoxy) is 1. The lowest BCUT2D eigenvalue weighted by Crippen LogP contribution is -2.47. The van der Waals surface area contributed by atoms with Crippen LogP contribution in [0.15, 0.2) is 12.1 Å². The van der Waals surface area contributed by atoms with E-state index in [1.165, 1.54) is 0 Å². The summed E-state index contributed by atoms with van der Waals surface area (Å²) in [7, 11) is 0. The van der Waals surface area contributed by atoms with Crippen LogP contribution in [0.3, 0.4) is 0 Å². The Morgan fingerprint density at radius 1 is 1.50 bits per heavy atom. The van der Waals surface area contributed by atoms with Crippen LogP contribution in [-0.2, 0) is 11.2 Å². The van der Waals surface area contributed by atoms with Gasteiger partial charge in [-0.15, -0.1) is 0 Å². The highest BCUT2D eigenvalue weighted by Gasteiger charge is 2.25. The number of carboxylic acid groups (broad SMARTS) is 1. The number of hydrogen-bond donors (Lipinski definition) is 1. The van der Waals surface area contributed by atoms with Gasteiger partial charge in [0.25, 0.3) is 0 Å². The summed E-state index contributed by atoms with van der Waals surface area (Å²) in [5, 5.41) is 9.25. The summed E-state index contributed by atoms with van der Waals surface area (Å²) < 4.78 is 5.61. The molecule has 5 heteroatoms. The number of pyridine rings is 1. The van der Waals surface area contributed by atoms with Crippen molar-refractivity contribution in [1.29, 1.82) is 0 Å². The Bertz CT molecular complexity index is 490. The minimum atomic E-state index is -0.903. The maximum Gasteiger partial charge on any atom is 0.335 e. The fourth-order valence-electron chi connectivity index (χ4n) is 2.45. The van der Waals surface area contributed by atoms with E-state index in [0.29, 0.717) is 12.2 Å². The maximum absolute atomic E-state index is 11.3. The van der Waals surface area contributed by atoms with Crippen LogP contribution < -0.4 is 4.90 Å². The van der Waals surface area contributed by atoms with Crippen molar-refractivity contribution in [3.8, 4) is 0 Å². The molecule has 0 spiro atoms. The second kappa shape index (κ2) is 6.22. The van der Waals surface area contributed by atoms with Crippen LogP contribution in [0.4, 0.5) is 5.82 Å². The Kier molecular flexibility index (Phi) is 4.60. The van der Waals surface area contributed by atoms with Crippen LogP contribution in [0.5, 0.6) is 0 Å². The first-order chi connectivity index (χ1) is 9.51. The molecule has 0 bridgehead atoms. The quantitative estimate of drug-likeness (QED) is 0.916. The molecule has 1 saturated heterocycles. The highest BCUT2D eigenvalue weighted by molar-refractivity contribution is 5.88. The van der Waals surface area contributed by atoms with Crippen molar-refractivity contribution in [3.05, 3.63) is 23.4 Å². The smallest absolute Gasteiger partial charge is 0.335 e. The van der Waals surface area contributed by atoms with Gasteiger partial charge in [0, 0.05) is 12.2 Å². The Balaban J connectivity index is 2.35. The number of morpholine rings is 1. The molecule has 2 unspecified atom stereocenters. The van der Waals surface area contributed by atoms with Crippen molar-refractivity contribution >= 4 is 11.8 Å². The number of aromatic nitrogens is 1. The number of rotatable bonds is 4. The third-order valence-electron chi connectivity index (χ3n) is 3.52. The van der Waals surface area contributed by atoms with Gasteiger partial charge >= 0.3 is 5.97 Å². The van der Waals surface area contributed by atoms with Gasteiger partial charge in [-0.05, 0) is 32.4 Å². The van der Waals surface area contributed by atoms with E-state index in [2.05, 4.69) is 23.7 Å². The van der Waals surface area contributed by atoms with Crippen molar-refractivity contribution in [2.75, 3.05) is 18.1 Å². The van der Waals surface area contributed by atoms with E-state index in [4.69, 9.17) is 4.74 Å². The van der Waals surface area contributed by atoms with Crippen LogP contribution in [0.1, 0.15) is 43.2 Å². The van der Waals surface area contributed by atoms with Crippen LogP contribution in [0.25, 0.3) is 0 Å². The summed E-state index contributed by atoms with van der Waals surface area (Å²) >= 11 is 0. The summed E-state index contributed by atoms with van der Waals surface area (Å²) in [6.07, 6.45) is 1.88. The van der Waals surface area contributed by atoms with Crippen LogP contribution in [0.2, 0.25) is 0 Å². The maximum atomic E-state index is 11.3. The van der Waals surface area contributed by atoms with Gasteiger partial charge in [-0.3, -0.25) is 0 Å². The van der Waals surface area contributed by atoms with E-state index in [0.717, 1.165) is 30.9 Å². The minimum Gasteiger partial charge on any atom is -0.478 e. The molecule has 2 rings (SSSR count). The molecule has 110 valence electrons. The van der Waals surface area contributed by atoms with Gasteiger partial charge in [0.2, 0.25) is 0 Å². The topological polar surface area (TPSA) is 62.7 Å². The highest BCUT2D eigenvalue weighted by atomic mass is 16.5. The molecule has 0 aromatic carbocycles. The average Bonchev–Trinajstić information content (AvgIpc) is 2.41. The molecule has 0 saturated carbocycles. The number of nitrogens with zero attached hydrogens (tertiary/aromatic N) is 2. The summed E-state index contributed by atoms with van der Waals surface area (Å²) in [6, 6.07) is 3.54. The summed E-state index contributed by atoms with van der Waals surface area (Å²) in [6.45, 7) is 7.54. The fraction of sp³-hybridized carbons (Fsp3) is 0.600. The second-order valence-corrected chi connectivity index (χ2v) is 5.41. The van der Waals surface area contributed by atoms with Crippen molar-refractivity contribution in [3.63, 3.8) is 0 Å². The molecule has 1 N–H and O–H groups in total. The second-order valence-electron chi connectivity index (χ2n) is 5.41. The lowest BCUT2D eigenvalue weighted by atomic mass is 10.1. The Morgan fingerprint density at radius 3 is 2.90 bits per heavy atom. The number of aryl methyl sites for hydroxylation is 1. The summed E-state index contributed by atoms with van der Waals surface area (Å²) in [5.41, 5.74) is 1.15. The lowest BCUT2D eigenvalue weighted by Gasteiger charge is -2.37. The number of aromatic carboxylic acids is 1. The molecule has 20 heavy (non-hydrogen) atoms. The van der Waals surface area contributed by atoms with E-state index in [1.54, 1.807) is 12.1 Å². The largest absolute Gasteiger partial charge is 0.478 e. The predicted octanol–water partition coefficient (Wildman–Crippen LogP) is 2.35. The fourth-order valence-corrected chi connectivity index (χ4v) is 2.45. The van der Waals surface area contributed by atoms with Crippen LogP contribution in [0, 0.1) is 0 Å². The first kappa shape index (κ1) is 14.8. The van der Waals surface area contributed by atoms with E-state index in [1.807, 2.05) is 6.92 Å². The molecule has 2 atom stereocenters. The molecule has 5 nitrogen and oxygen atoms in total. The number of carbonyl (C=O) groups is 1. The first-order valence-corrected chi connectivity index (χ1v) is 7.13. The third-order valence-corrected chi connectivity index (χ3v) is 3.52. The molecule has 1 aliphatic rings. The molecule has 0 radical (unpaired) electrons. The highest BCUT2D eigenvalue weighted by Crippen LogP contribution is 2.22. The number of hydrogen-bond acceptors (Lipinski definition) is 4. The van der Waals surface area contributed by atoms with Crippen molar-refractivity contribution in [2.45, 2.75) is 45.8 Å². The normalized spacial score (nSPS) is 22.9.